The van der Waals surface area contributed by atoms with Gasteiger partial charge in [0.2, 0.25) is 0 Å². The van der Waals surface area contributed by atoms with Crippen LogP contribution < -0.4 is 10.4 Å². The third-order valence-corrected chi connectivity index (χ3v) is 3.41. The zero-order valence-corrected chi connectivity index (χ0v) is 9.60. The summed E-state index contributed by atoms with van der Waals surface area (Å²) in [6, 6.07) is 11.9. The first-order chi connectivity index (χ1) is 8.83. The van der Waals surface area contributed by atoms with Crippen molar-refractivity contribution in [3.63, 3.8) is 0 Å². The summed E-state index contributed by atoms with van der Waals surface area (Å²) >= 11 is 0. The van der Waals surface area contributed by atoms with E-state index in [1.165, 1.54) is 0 Å². The Hall–Kier alpha value is -2.29. The minimum atomic E-state index is -0.273. The van der Waals surface area contributed by atoms with Crippen molar-refractivity contribution in [3.05, 3.63) is 52.4 Å². The molecule has 1 aliphatic rings. The van der Waals surface area contributed by atoms with Crippen molar-refractivity contribution < 1.29 is 9.15 Å². The standard InChI is InChI=1S/C15H10O3/c16-15-11-5-6-17-14(11)12-7-9-3-1-2-4-10(9)8-13(12)18-15/h1-4,7-8H,5-6H2. The summed E-state index contributed by atoms with van der Waals surface area (Å²) in [7, 11) is 0. The molecule has 0 amide bonds. The fourth-order valence-corrected chi connectivity index (χ4v) is 2.53. The van der Waals surface area contributed by atoms with E-state index < -0.39 is 0 Å². The fourth-order valence-electron chi connectivity index (χ4n) is 2.53. The van der Waals surface area contributed by atoms with Crippen LogP contribution in [0, 0.1) is 0 Å². The smallest absolute Gasteiger partial charge is 0.343 e. The normalized spacial score (nSPS) is 13.8. The molecule has 0 radical (unpaired) electrons. The van der Waals surface area contributed by atoms with Gasteiger partial charge in [-0.15, -0.1) is 0 Å². The highest BCUT2D eigenvalue weighted by Gasteiger charge is 2.21. The quantitative estimate of drug-likeness (QED) is 0.446. The zero-order chi connectivity index (χ0) is 12.1. The second kappa shape index (κ2) is 3.35. The maximum atomic E-state index is 11.8. The lowest BCUT2D eigenvalue weighted by atomic mass is 10.1. The van der Waals surface area contributed by atoms with Crippen molar-refractivity contribution in [1.82, 2.24) is 0 Å². The van der Waals surface area contributed by atoms with Crippen molar-refractivity contribution in [1.29, 1.82) is 0 Å². The lowest BCUT2D eigenvalue weighted by molar-refractivity contribution is 0.360. The van der Waals surface area contributed by atoms with Gasteiger partial charge in [-0.05, 0) is 22.9 Å². The maximum Gasteiger partial charge on any atom is 0.343 e. The molecule has 1 aromatic heterocycles. The van der Waals surface area contributed by atoms with E-state index in [2.05, 4.69) is 0 Å². The lowest BCUT2D eigenvalue weighted by Gasteiger charge is -2.05. The second-order valence-electron chi connectivity index (χ2n) is 4.49. The summed E-state index contributed by atoms with van der Waals surface area (Å²) in [6.45, 7) is 0.562. The largest absolute Gasteiger partial charge is 0.492 e. The molecule has 3 nitrogen and oxygen atoms in total. The van der Waals surface area contributed by atoms with Gasteiger partial charge in [-0.1, -0.05) is 24.3 Å². The Morgan fingerprint density at radius 2 is 1.83 bits per heavy atom. The van der Waals surface area contributed by atoms with Gasteiger partial charge in [-0.25, -0.2) is 4.79 Å². The minimum absolute atomic E-state index is 0.273. The molecule has 0 fully saturated rings. The van der Waals surface area contributed by atoms with E-state index >= 15 is 0 Å². The van der Waals surface area contributed by atoms with Crippen LogP contribution in [0.3, 0.4) is 0 Å². The summed E-state index contributed by atoms with van der Waals surface area (Å²) in [5.74, 6) is 0.701. The van der Waals surface area contributed by atoms with E-state index in [9.17, 15) is 4.79 Å². The highest BCUT2D eigenvalue weighted by molar-refractivity contribution is 5.98. The Morgan fingerprint density at radius 3 is 2.67 bits per heavy atom. The molecule has 0 spiro atoms. The summed E-state index contributed by atoms with van der Waals surface area (Å²) in [5.41, 5.74) is 0.988. The van der Waals surface area contributed by atoms with Crippen molar-refractivity contribution >= 4 is 21.7 Å². The molecule has 1 aliphatic heterocycles. The third-order valence-electron chi connectivity index (χ3n) is 3.41. The topological polar surface area (TPSA) is 39.4 Å². The van der Waals surface area contributed by atoms with Gasteiger partial charge in [0.05, 0.1) is 17.6 Å². The van der Waals surface area contributed by atoms with Gasteiger partial charge < -0.3 is 9.15 Å². The third kappa shape index (κ3) is 1.21. The average Bonchev–Trinajstić information content (AvgIpc) is 2.87. The van der Waals surface area contributed by atoms with Crippen molar-refractivity contribution in [2.75, 3.05) is 6.61 Å². The minimum Gasteiger partial charge on any atom is -0.492 e. The molecule has 88 valence electrons. The van der Waals surface area contributed by atoms with Gasteiger partial charge >= 0.3 is 5.63 Å². The van der Waals surface area contributed by atoms with Gasteiger partial charge in [0, 0.05) is 6.42 Å². The number of benzene rings is 2. The average molecular weight is 238 g/mol. The van der Waals surface area contributed by atoms with Crippen LogP contribution in [-0.2, 0) is 6.42 Å². The molecule has 0 N–H and O–H groups in total. The molecule has 0 saturated carbocycles. The van der Waals surface area contributed by atoms with Crippen LogP contribution >= 0.6 is 0 Å². The van der Waals surface area contributed by atoms with Crippen LogP contribution in [0.15, 0.2) is 45.6 Å². The molecule has 0 unspecified atom stereocenters. The number of hydrogen-bond donors (Lipinski definition) is 0. The Labute approximate surface area is 103 Å². The van der Waals surface area contributed by atoms with Gasteiger partial charge in [-0.2, -0.15) is 0 Å². The van der Waals surface area contributed by atoms with E-state index in [0.717, 1.165) is 16.2 Å². The molecule has 0 bridgehead atoms. The van der Waals surface area contributed by atoms with Crippen molar-refractivity contribution in [2.45, 2.75) is 6.42 Å². The Kier molecular flexibility index (Phi) is 1.81. The van der Waals surface area contributed by atoms with Gasteiger partial charge in [0.25, 0.3) is 0 Å². The SMILES string of the molecule is O=c1oc2cc3ccccc3cc2c2c1CCO2. The van der Waals surface area contributed by atoms with Gasteiger partial charge in [-0.3, -0.25) is 0 Å². The molecule has 4 rings (SSSR count). The van der Waals surface area contributed by atoms with E-state index in [4.69, 9.17) is 9.15 Å². The predicted octanol–water partition coefficient (Wildman–Crippen LogP) is 2.88. The number of hydrogen-bond acceptors (Lipinski definition) is 3. The molecular formula is C15H10O3. The summed E-state index contributed by atoms with van der Waals surface area (Å²) in [5, 5.41) is 3.07. The predicted molar refractivity (Wildman–Crippen MR) is 69.2 cm³/mol. The van der Waals surface area contributed by atoms with Crippen LogP contribution in [0.25, 0.3) is 21.7 Å². The molecular weight excluding hydrogens is 228 g/mol. The first kappa shape index (κ1) is 9.71. The molecule has 2 aromatic carbocycles. The van der Waals surface area contributed by atoms with Crippen LogP contribution in [0.2, 0.25) is 0 Å². The van der Waals surface area contributed by atoms with E-state index in [1.54, 1.807) is 0 Å². The van der Waals surface area contributed by atoms with E-state index in [1.807, 2.05) is 36.4 Å². The molecule has 3 aromatic rings. The van der Waals surface area contributed by atoms with E-state index in [-0.39, 0.29) is 5.63 Å². The Morgan fingerprint density at radius 1 is 1.06 bits per heavy atom. The Bertz CT molecular complexity index is 830. The molecule has 2 heterocycles. The number of fused-ring (bicyclic) bond motifs is 4. The zero-order valence-electron chi connectivity index (χ0n) is 9.60. The number of ether oxygens (including phenoxy) is 1. The first-order valence-electron chi connectivity index (χ1n) is 5.94. The highest BCUT2D eigenvalue weighted by Crippen LogP contribution is 2.33. The highest BCUT2D eigenvalue weighted by atomic mass is 16.5. The summed E-state index contributed by atoms with van der Waals surface area (Å²) in [6.07, 6.45) is 0.639. The fraction of sp³-hybridized carbons (Fsp3) is 0.133. The van der Waals surface area contributed by atoms with Gasteiger partial charge in [0.1, 0.15) is 11.3 Å². The van der Waals surface area contributed by atoms with Crippen molar-refractivity contribution in [3.8, 4) is 5.75 Å². The van der Waals surface area contributed by atoms with Gasteiger partial charge in [0.15, 0.2) is 0 Å². The molecule has 18 heavy (non-hydrogen) atoms. The van der Waals surface area contributed by atoms with Crippen LogP contribution in [0.1, 0.15) is 5.56 Å². The number of rotatable bonds is 0. The van der Waals surface area contributed by atoms with E-state index in [0.29, 0.717) is 29.9 Å². The maximum absolute atomic E-state index is 11.8. The van der Waals surface area contributed by atoms with Crippen LogP contribution in [0.5, 0.6) is 5.75 Å². The lowest BCUT2D eigenvalue weighted by Crippen LogP contribution is -2.04. The van der Waals surface area contributed by atoms with Crippen LogP contribution in [-0.4, -0.2) is 6.61 Å². The molecule has 0 aliphatic carbocycles. The monoisotopic (exact) mass is 238 g/mol. The Balaban J connectivity index is 2.22. The molecule has 0 saturated heterocycles. The summed E-state index contributed by atoms with van der Waals surface area (Å²) in [4.78, 5) is 11.8. The molecule has 0 atom stereocenters. The molecule has 3 heteroatoms. The first-order valence-corrected chi connectivity index (χ1v) is 5.94. The van der Waals surface area contributed by atoms with Crippen molar-refractivity contribution in [2.24, 2.45) is 0 Å². The summed E-state index contributed by atoms with van der Waals surface area (Å²) < 4.78 is 11.0. The van der Waals surface area contributed by atoms with Crippen LogP contribution in [0.4, 0.5) is 0 Å². The second-order valence-corrected chi connectivity index (χ2v) is 4.49.